The topological polar surface area (TPSA) is 105 Å². The summed E-state index contributed by atoms with van der Waals surface area (Å²) in [7, 11) is -3.16. The van der Waals surface area contributed by atoms with Crippen molar-refractivity contribution in [3.05, 3.63) is 24.3 Å². The number of hydrogen-bond acceptors (Lipinski definition) is 5. The molecule has 3 heterocycles. The number of aromatic amines is 1. The molecule has 8 rings (SSSR count). The standard InChI is InChI=1S/C20H24N6O2S/c27-29(28,14-1-2-14)25-17-12-5-11-6-13(17)9-20(7-11,8-12)19-24-23-16-10-22-18-15(26(16)19)3-4-21-18/h3-4,10-14,17,21,25H,1-2,5-9H2/t11?,12-,13?,17?,20?/m1/s1. The van der Waals surface area contributed by atoms with Crippen molar-refractivity contribution in [2.24, 2.45) is 17.8 Å². The summed E-state index contributed by atoms with van der Waals surface area (Å²) >= 11 is 0. The minimum atomic E-state index is -3.16. The predicted molar refractivity (Wildman–Crippen MR) is 107 cm³/mol. The number of rotatable bonds is 4. The lowest BCUT2D eigenvalue weighted by Gasteiger charge is -2.59. The van der Waals surface area contributed by atoms with Crippen molar-refractivity contribution >= 4 is 26.8 Å². The van der Waals surface area contributed by atoms with Gasteiger partial charge in [0.2, 0.25) is 10.0 Å². The molecule has 0 aliphatic heterocycles. The van der Waals surface area contributed by atoms with Crippen LogP contribution >= 0.6 is 0 Å². The van der Waals surface area contributed by atoms with Crippen LogP contribution in [-0.4, -0.2) is 44.3 Å². The first-order chi connectivity index (χ1) is 14.0. The third-order valence-corrected chi connectivity index (χ3v) is 9.90. The van der Waals surface area contributed by atoms with Gasteiger partial charge in [-0.1, -0.05) is 0 Å². The second kappa shape index (κ2) is 5.37. The number of aromatic nitrogens is 5. The zero-order valence-electron chi connectivity index (χ0n) is 16.1. The fourth-order valence-corrected chi connectivity index (χ4v) is 8.59. The van der Waals surface area contributed by atoms with Crippen molar-refractivity contribution in [2.75, 3.05) is 0 Å². The van der Waals surface area contributed by atoms with Gasteiger partial charge in [-0.25, -0.2) is 18.1 Å². The molecule has 152 valence electrons. The molecule has 3 aromatic heterocycles. The molecule has 0 radical (unpaired) electrons. The van der Waals surface area contributed by atoms with Gasteiger partial charge in [0.25, 0.3) is 0 Å². The summed E-state index contributed by atoms with van der Waals surface area (Å²) in [5, 5.41) is 8.96. The van der Waals surface area contributed by atoms with E-state index in [1.807, 2.05) is 12.3 Å². The van der Waals surface area contributed by atoms with Crippen LogP contribution < -0.4 is 4.72 Å². The molecular weight excluding hydrogens is 388 g/mol. The Morgan fingerprint density at radius 3 is 2.69 bits per heavy atom. The second-order valence-electron chi connectivity index (χ2n) is 9.83. The van der Waals surface area contributed by atoms with Crippen LogP contribution in [0.25, 0.3) is 16.8 Å². The van der Waals surface area contributed by atoms with Gasteiger partial charge in [-0.3, -0.25) is 4.40 Å². The van der Waals surface area contributed by atoms with Crippen LogP contribution in [0, 0.1) is 17.8 Å². The Labute approximate surface area is 168 Å². The molecule has 29 heavy (non-hydrogen) atoms. The van der Waals surface area contributed by atoms with E-state index >= 15 is 0 Å². The van der Waals surface area contributed by atoms with Crippen LogP contribution in [0.1, 0.15) is 50.8 Å². The first-order valence-corrected chi connectivity index (χ1v) is 12.3. The Bertz CT molecular complexity index is 1230. The van der Waals surface area contributed by atoms with E-state index in [1.165, 1.54) is 0 Å². The van der Waals surface area contributed by atoms with E-state index in [0.29, 0.717) is 17.8 Å². The summed E-state index contributed by atoms with van der Waals surface area (Å²) < 4.78 is 30.6. The summed E-state index contributed by atoms with van der Waals surface area (Å²) in [4.78, 5) is 7.64. The molecule has 8 nitrogen and oxygen atoms in total. The van der Waals surface area contributed by atoms with E-state index in [-0.39, 0.29) is 16.7 Å². The lowest BCUT2D eigenvalue weighted by molar-refractivity contribution is -0.0318. The van der Waals surface area contributed by atoms with E-state index in [1.54, 1.807) is 6.20 Å². The molecule has 4 unspecified atom stereocenters. The van der Waals surface area contributed by atoms with Crippen LogP contribution in [0.3, 0.4) is 0 Å². The van der Waals surface area contributed by atoms with E-state index in [2.05, 4.69) is 29.3 Å². The summed E-state index contributed by atoms with van der Waals surface area (Å²) in [6.45, 7) is 0. The SMILES string of the molecule is O=S(=O)(NC1C2CC3C[C@@H]1CC(c1nnc4cnc5[nH]ccc5n14)(C3)C2)C1CC1. The van der Waals surface area contributed by atoms with Crippen molar-refractivity contribution < 1.29 is 8.42 Å². The lowest BCUT2D eigenvalue weighted by Crippen LogP contribution is -2.61. The average molecular weight is 413 g/mol. The van der Waals surface area contributed by atoms with Gasteiger partial charge in [0.05, 0.1) is 17.0 Å². The normalized spacial score (nSPS) is 36.4. The number of hydrogen-bond donors (Lipinski definition) is 2. The van der Waals surface area contributed by atoms with Crippen LogP contribution in [0.2, 0.25) is 0 Å². The van der Waals surface area contributed by atoms with Crippen LogP contribution in [0.4, 0.5) is 0 Å². The van der Waals surface area contributed by atoms with Gasteiger partial charge in [0.15, 0.2) is 11.3 Å². The maximum atomic E-state index is 12.6. The molecule has 5 fully saturated rings. The molecule has 0 saturated heterocycles. The van der Waals surface area contributed by atoms with Crippen molar-refractivity contribution in [1.29, 1.82) is 0 Å². The quantitative estimate of drug-likeness (QED) is 0.683. The van der Waals surface area contributed by atoms with Gasteiger partial charge in [-0.05, 0) is 68.8 Å². The zero-order valence-corrected chi connectivity index (χ0v) is 16.9. The van der Waals surface area contributed by atoms with Crippen molar-refractivity contribution in [2.45, 2.75) is 61.7 Å². The number of nitrogens with one attached hydrogen (secondary N) is 2. The molecule has 0 spiro atoms. The zero-order chi connectivity index (χ0) is 19.4. The molecule has 9 heteroatoms. The highest BCUT2D eigenvalue weighted by atomic mass is 32.2. The fraction of sp³-hybridized carbons (Fsp3) is 0.650. The number of sulfonamides is 1. The maximum absolute atomic E-state index is 12.6. The van der Waals surface area contributed by atoms with E-state index in [9.17, 15) is 8.42 Å². The van der Waals surface area contributed by atoms with Crippen molar-refractivity contribution in [1.82, 2.24) is 29.3 Å². The van der Waals surface area contributed by atoms with Crippen LogP contribution in [-0.2, 0) is 15.4 Å². The molecule has 4 bridgehead atoms. The van der Waals surface area contributed by atoms with Gasteiger partial charge >= 0.3 is 0 Å². The smallest absolute Gasteiger partial charge is 0.214 e. The molecule has 2 N–H and O–H groups in total. The Balaban J connectivity index is 1.31. The first-order valence-electron chi connectivity index (χ1n) is 10.7. The molecule has 3 aromatic rings. The van der Waals surface area contributed by atoms with Gasteiger partial charge in [0.1, 0.15) is 5.82 Å². The molecule has 5 atom stereocenters. The second-order valence-corrected chi connectivity index (χ2v) is 11.8. The third-order valence-electron chi connectivity index (χ3n) is 7.95. The van der Waals surface area contributed by atoms with Crippen molar-refractivity contribution in [3.8, 4) is 0 Å². The largest absolute Gasteiger partial charge is 0.345 e. The minimum absolute atomic E-state index is 0.0109. The Morgan fingerprint density at radius 1 is 1.14 bits per heavy atom. The summed E-state index contributed by atoms with van der Waals surface area (Å²) in [6, 6.07) is 2.13. The Hall–Kier alpha value is -2.00. The van der Waals surface area contributed by atoms with Gasteiger partial charge in [0, 0.05) is 17.7 Å². The summed E-state index contributed by atoms with van der Waals surface area (Å²) in [5.74, 6) is 2.49. The molecule has 5 aliphatic carbocycles. The third kappa shape index (κ3) is 2.28. The Kier molecular flexibility index (Phi) is 3.10. The Morgan fingerprint density at radius 2 is 1.93 bits per heavy atom. The lowest BCUT2D eigenvalue weighted by atomic mass is 9.48. The summed E-state index contributed by atoms with van der Waals surface area (Å²) in [5.41, 5.74) is 2.64. The maximum Gasteiger partial charge on any atom is 0.214 e. The van der Waals surface area contributed by atoms with Gasteiger partial charge in [-0.15, -0.1) is 10.2 Å². The molecule has 5 aliphatic rings. The number of fused-ring (bicyclic) bond motifs is 3. The van der Waals surface area contributed by atoms with Crippen LogP contribution in [0.5, 0.6) is 0 Å². The highest BCUT2D eigenvalue weighted by Gasteiger charge is 2.58. The van der Waals surface area contributed by atoms with Gasteiger partial charge in [-0.2, -0.15) is 0 Å². The minimum Gasteiger partial charge on any atom is -0.345 e. The van der Waals surface area contributed by atoms with Gasteiger partial charge < -0.3 is 4.98 Å². The molecule has 5 saturated carbocycles. The fourth-order valence-electron chi connectivity index (χ4n) is 6.87. The number of H-pyrrole nitrogens is 1. The first kappa shape index (κ1) is 16.8. The molecular formula is C20H24N6O2S. The number of nitrogens with zero attached hydrogens (tertiary/aromatic N) is 4. The van der Waals surface area contributed by atoms with E-state index in [4.69, 9.17) is 0 Å². The monoisotopic (exact) mass is 412 g/mol. The van der Waals surface area contributed by atoms with Crippen LogP contribution in [0.15, 0.2) is 18.5 Å². The highest BCUT2D eigenvalue weighted by molar-refractivity contribution is 7.90. The summed E-state index contributed by atoms with van der Waals surface area (Å²) in [6.07, 6.45) is 10.7. The average Bonchev–Trinajstić information content (AvgIpc) is 3.28. The van der Waals surface area contributed by atoms with E-state index < -0.39 is 10.0 Å². The molecule has 0 aromatic carbocycles. The van der Waals surface area contributed by atoms with E-state index in [0.717, 1.165) is 67.6 Å². The highest BCUT2D eigenvalue weighted by Crippen LogP contribution is 2.60. The van der Waals surface area contributed by atoms with Crippen molar-refractivity contribution in [3.63, 3.8) is 0 Å². The molecule has 0 amide bonds. The predicted octanol–water partition coefficient (Wildman–Crippen LogP) is 2.13.